The molecule has 0 aliphatic heterocycles. The number of nitrogens with one attached hydrogen (secondary N) is 1. The maximum atomic E-state index is 12.9. The van der Waals surface area contributed by atoms with Crippen molar-refractivity contribution in [3.8, 4) is 0 Å². The number of carbonyl (C=O) groups excluding carboxylic acids is 2. The molecule has 1 amide bonds. The van der Waals surface area contributed by atoms with Crippen LogP contribution in [0.5, 0.6) is 0 Å². The first kappa shape index (κ1) is 23.5. The molecule has 0 saturated carbocycles. The van der Waals surface area contributed by atoms with Crippen LogP contribution in [0.1, 0.15) is 34.3 Å². The number of hydrogen-bond donors (Lipinski definition) is 2. The highest BCUT2D eigenvalue weighted by Crippen LogP contribution is 2.21. The molecule has 0 aliphatic carbocycles. The number of rotatable bonds is 11. The summed E-state index contributed by atoms with van der Waals surface area (Å²) in [4.78, 5) is 25.3. The number of hydrogen-bond acceptors (Lipinski definition) is 5. The summed E-state index contributed by atoms with van der Waals surface area (Å²) < 4.78 is 0. The van der Waals surface area contributed by atoms with Crippen LogP contribution in [0.15, 0.2) is 54.6 Å². The van der Waals surface area contributed by atoms with Crippen molar-refractivity contribution in [3.05, 3.63) is 71.3 Å². The average molecular weight is 432 g/mol. The molecule has 29 heavy (non-hydrogen) atoms. The van der Waals surface area contributed by atoms with Crippen LogP contribution in [0, 0.1) is 12.8 Å². The average Bonchev–Trinajstić information content (AvgIpc) is 2.72. The first-order chi connectivity index (χ1) is 14.0. The Morgan fingerprint density at radius 2 is 1.76 bits per heavy atom. The molecule has 2 unspecified atom stereocenters. The number of amides is 1. The van der Waals surface area contributed by atoms with Gasteiger partial charge in [0.1, 0.15) is 6.23 Å². The lowest BCUT2D eigenvalue weighted by Gasteiger charge is -2.20. The Bertz CT molecular complexity index is 783. The summed E-state index contributed by atoms with van der Waals surface area (Å²) in [7, 11) is 0. The van der Waals surface area contributed by atoms with Crippen molar-refractivity contribution < 1.29 is 14.7 Å². The van der Waals surface area contributed by atoms with Gasteiger partial charge in [-0.1, -0.05) is 66.4 Å². The van der Waals surface area contributed by atoms with E-state index in [2.05, 4.69) is 5.32 Å². The first-order valence-electron chi connectivity index (χ1n) is 9.75. The van der Waals surface area contributed by atoms with E-state index in [0.717, 1.165) is 35.1 Å². The van der Waals surface area contributed by atoms with Gasteiger partial charge in [0.15, 0.2) is 0 Å². The lowest BCUT2D eigenvalue weighted by Crippen LogP contribution is -2.40. The van der Waals surface area contributed by atoms with Crippen LogP contribution >= 0.6 is 23.5 Å². The van der Waals surface area contributed by atoms with Crippen molar-refractivity contribution in [2.75, 3.05) is 17.8 Å². The van der Waals surface area contributed by atoms with Crippen LogP contribution in [0.2, 0.25) is 0 Å². The van der Waals surface area contributed by atoms with Gasteiger partial charge in [-0.3, -0.25) is 9.59 Å². The molecule has 2 aromatic rings. The quantitative estimate of drug-likeness (QED) is 0.410. The molecule has 2 atom stereocenters. The second-order valence-electron chi connectivity index (χ2n) is 6.95. The lowest BCUT2D eigenvalue weighted by molar-refractivity contribution is -0.127. The molecule has 0 aromatic heterocycles. The molecule has 0 fully saturated rings. The maximum absolute atomic E-state index is 12.9. The summed E-state index contributed by atoms with van der Waals surface area (Å²) in [6, 6.07) is 17.0. The molecule has 0 radical (unpaired) electrons. The molecule has 2 aromatic carbocycles. The second kappa shape index (κ2) is 12.7. The van der Waals surface area contributed by atoms with Gasteiger partial charge in [-0.25, -0.2) is 0 Å². The second-order valence-corrected chi connectivity index (χ2v) is 8.93. The van der Waals surface area contributed by atoms with E-state index in [1.54, 1.807) is 23.9 Å². The minimum atomic E-state index is -0.858. The fraction of sp³-hybridized carbons (Fsp3) is 0.391. The van der Waals surface area contributed by atoms with Gasteiger partial charge in [-0.2, -0.15) is 11.8 Å². The Kier molecular flexibility index (Phi) is 10.3. The molecule has 0 spiro atoms. The maximum Gasteiger partial charge on any atom is 0.226 e. The van der Waals surface area contributed by atoms with Crippen LogP contribution in [-0.2, 0) is 11.2 Å². The molecule has 2 N–H and O–H groups in total. The zero-order valence-electron chi connectivity index (χ0n) is 17.0. The fourth-order valence-corrected chi connectivity index (χ4v) is 4.32. The summed E-state index contributed by atoms with van der Waals surface area (Å²) in [6.07, 6.45) is 3.06. The molecule has 0 bridgehead atoms. The van der Waals surface area contributed by atoms with Crippen LogP contribution in [-0.4, -0.2) is 40.1 Å². The van der Waals surface area contributed by atoms with E-state index in [9.17, 15) is 14.7 Å². The molecule has 4 nitrogen and oxygen atoms in total. The highest BCUT2D eigenvalue weighted by Gasteiger charge is 2.23. The van der Waals surface area contributed by atoms with Gasteiger partial charge >= 0.3 is 0 Å². The van der Waals surface area contributed by atoms with E-state index in [0.29, 0.717) is 24.2 Å². The van der Waals surface area contributed by atoms with E-state index in [1.807, 2.05) is 55.6 Å². The van der Waals surface area contributed by atoms with Crippen molar-refractivity contribution in [3.63, 3.8) is 0 Å². The molecule has 0 saturated heterocycles. The Hall–Kier alpha value is -1.76. The highest BCUT2D eigenvalue weighted by atomic mass is 32.2. The first-order valence-corrected chi connectivity index (χ1v) is 12.1. The van der Waals surface area contributed by atoms with E-state index in [-0.39, 0.29) is 11.0 Å². The number of aryl methyl sites for hydroxylation is 1. The van der Waals surface area contributed by atoms with Crippen LogP contribution < -0.4 is 5.32 Å². The molecule has 0 heterocycles. The van der Waals surface area contributed by atoms with Gasteiger partial charge in [0.25, 0.3) is 0 Å². The summed E-state index contributed by atoms with van der Waals surface area (Å²) in [5.41, 5.74) is 2.83. The third kappa shape index (κ3) is 8.25. The number of aliphatic hydroxyl groups excluding tert-OH is 1. The number of aliphatic hydroxyl groups is 1. The Balaban J connectivity index is 2.03. The zero-order chi connectivity index (χ0) is 21.1. The Morgan fingerprint density at radius 1 is 1.07 bits per heavy atom. The minimum Gasteiger partial charge on any atom is -0.374 e. The fourth-order valence-electron chi connectivity index (χ4n) is 2.94. The van der Waals surface area contributed by atoms with Crippen LogP contribution in [0.4, 0.5) is 0 Å². The molecule has 0 aliphatic rings. The molecule has 2 rings (SSSR count). The number of benzene rings is 2. The topological polar surface area (TPSA) is 66.4 Å². The van der Waals surface area contributed by atoms with Gasteiger partial charge < -0.3 is 10.4 Å². The summed E-state index contributed by atoms with van der Waals surface area (Å²) in [6.45, 7) is 2.02. The van der Waals surface area contributed by atoms with Crippen molar-refractivity contribution in [1.82, 2.24) is 5.32 Å². The van der Waals surface area contributed by atoms with Crippen LogP contribution in [0.25, 0.3) is 0 Å². The standard InChI is InChI=1S/C23H29NO3S2/c1-17-9-6-7-12-19(17)15-20(22(26)24-21(25)13-8-14-28-2)16-29-23(27)18-10-4-3-5-11-18/h3-7,9-12,20-21,25H,8,13-16H2,1-2H3,(H,24,26). The third-order valence-corrected chi connectivity index (χ3v) is 6.42. The smallest absolute Gasteiger partial charge is 0.226 e. The molecule has 156 valence electrons. The largest absolute Gasteiger partial charge is 0.374 e. The molecular formula is C23H29NO3S2. The van der Waals surface area contributed by atoms with Gasteiger partial charge in [-0.15, -0.1) is 0 Å². The van der Waals surface area contributed by atoms with E-state index >= 15 is 0 Å². The van der Waals surface area contributed by atoms with Crippen molar-refractivity contribution in [1.29, 1.82) is 0 Å². The van der Waals surface area contributed by atoms with Crippen molar-refractivity contribution in [2.24, 2.45) is 5.92 Å². The van der Waals surface area contributed by atoms with Gasteiger partial charge in [-0.05, 0) is 49.3 Å². The number of carbonyl (C=O) groups is 2. The summed E-state index contributed by atoms with van der Waals surface area (Å²) in [5.74, 6) is 0.703. The predicted molar refractivity (Wildman–Crippen MR) is 123 cm³/mol. The van der Waals surface area contributed by atoms with Gasteiger partial charge in [0, 0.05) is 11.3 Å². The summed E-state index contributed by atoms with van der Waals surface area (Å²) >= 11 is 2.87. The van der Waals surface area contributed by atoms with E-state index < -0.39 is 12.1 Å². The SMILES string of the molecule is CSCCCC(O)NC(=O)C(CSC(=O)c1ccccc1)Cc1ccccc1C. The van der Waals surface area contributed by atoms with Gasteiger partial charge in [0.05, 0.1) is 5.92 Å². The minimum absolute atomic E-state index is 0.0475. The molecular weight excluding hydrogens is 402 g/mol. The Labute approximate surface area is 181 Å². The third-order valence-electron chi connectivity index (χ3n) is 4.66. The van der Waals surface area contributed by atoms with Crippen LogP contribution in [0.3, 0.4) is 0 Å². The zero-order valence-corrected chi connectivity index (χ0v) is 18.6. The lowest BCUT2D eigenvalue weighted by atomic mass is 9.96. The van der Waals surface area contributed by atoms with E-state index in [1.165, 1.54) is 0 Å². The highest BCUT2D eigenvalue weighted by molar-refractivity contribution is 8.14. The number of thioether (sulfide) groups is 2. The molecule has 6 heteroatoms. The monoisotopic (exact) mass is 431 g/mol. The Morgan fingerprint density at radius 3 is 2.45 bits per heavy atom. The van der Waals surface area contributed by atoms with E-state index in [4.69, 9.17) is 0 Å². The van der Waals surface area contributed by atoms with Crippen molar-refractivity contribution in [2.45, 2.75) is 32.4 Å². The van der Waals surface area contributed by atoms with Crippen molar-refractivity contribution >= 4 is 34.5 Å². The summed E-state index contributed by atoms with van der Waals surface area (Å²) in [5, 5.41) is 12.8. The normalized spacial score (nSPS) is 12.9. The van der Waals surface area contributed by atoms with Gasteiger partial charge in [0.2, 0.25) is 11.0 Å². The predicted octanol–water partition coefficient (Wildman–Crippen LogP) is 4.31.